The number of furan rings is 1. The fourth-order valence-corrected chi connectivity index (χ4v) is 11.2. The lowest BCUT2D eigenvalue weighted by molar-refractivity contribution is 0.436. The lowest BCUT2D eigenvalue weighted by Gasteiger charge is -2.41. The number of ether oxygens (including phenoxy) is 1. The fourth-order valence-electron chi connectivity index (χ4n) is 11.2. The summed E-state index contributed by atoms with van der Waals surface area (Å²) in [7, 11) is 0. The highest BCUT2D eigenvalue weighted by molar-refractivity contribution is 6.13. The van der Waals surface area contributed by atoms with E-state index in [1.54, 1.807) is 0 Å². The van der Waals surface area contributed by atoms with Crippen LogP contribution in [0, 0.1) is 0 Å². The lowest BCUT2D eigenvalue weighted by atomic mass is 9.65. The normalized spacial score (nSPS) is 15.0. The van der Waals surface area contributed by atoms with Gasteiger partial charge in [0.2, 0.25) is 0 Å². The Hall–Kier alpha value is -6.84. The summed E-state index contributed by atoms with van der Waals surface area (Å²) in [5.41, 5.74) is 19.4. The first-order valence-corrected chi connectivity index (χ1v) is 22.4. The molecule has 8 aromatic carbocycles. The summed E-state index contributed by atoms with van der Waals surface area (Å²) in [5, 5.41) is 2.18. The van der Waals surface area contributed by atoms with Crippen molar-refractivity contribution in [2.45, 2.75) is 77.0 Å². The molecular formula is C60H51NO2. The van der Waals surface area contributed by atoms with Crippen molar-refractivity contribution in [2.24, 2.45) is 0 Å². The zero-order valence-corrected chi connectivity index (χ0v) is 37.4. The third-order valence-corrected chi connectivity index (χ3v) is 14.5. The summed E-state index contributed by atoms with van der Waals surface area (Å²) < 4.78 is 13.6. The molecule has 0 bridgehead atoms. The first-order chi connectivity index (χ1) is 30.2. The van der Waals surface area contributed by atoms with Crippen LogP contribution < -0.4 is 9.64 Å². The molecule has 308 valence electrons. The SMILES string of the molecule is CC(C)(C)c1ccc2c(c1)C1(c3ccccc3Oc3ccc(N(c4ccc5c(c4)C(C)(C)c4ccccc4-5)c4cccc5oc6ccccc6c45)cc31)c1cc(C(C)(C)C)ccc1-2. The minimum Gasteiger partial charge on any atom is -0.457 e. The Balaban J connectivity index is 1.18. The van der Waals surface area contributed by atoms with Gasteiger partial charge >= 0.3 is 0 Å². The monoisotopic (exact) mass is 817 g/mol. The molecule has 63 heavy (non-hydrogen) atoms. The van der Waals surface area contributed by atoms with Gasteiger partial charge in [0, 0.05) is 33.3 Å². The second-order valence-corrected chi connectivity index (χ2v) is 20.5. The van der Waals surface area contributed by atoms with Gasteiger partial charge in [-0.25, -0.2) is 0 Å². The van der Waals surface area contributed by atoms with E-state index < -0.39 is 5.41 Å². The van der Waals surface area contributed by atoms with E-state index in [2.05, 4.69) is 224 Å². The van der Waals surface area contributed by atoms with E-state index in [-0.39, 0.29) is 16.2 Å². The van der Waals surface area contributed by atoms with Gasteiger partial charge in [-0.05, 0) is 121 Å². The Morgan fingerprint density at radius 3 is 1.68 bits per heavy atom. The van der Waals surface area contributed by atoms with Crippen LogP contribution in [0.3, 0.4) is 0 Å². The molecule has 0 saturated heterocycles. The highest BCUT2D eigenvalue weighted by Gasteiger charge is 2.52. The maximum atomic E-state index is 7.04. The van der Waals surface area contributed by atoms with Crippen molar-refractivity contribution < 1.29 is 9.15 Å². The molecule has 1 aromatic heterocycles. The molecule has 0 fully saturated rings. The first-order valence-electron chi connectivity index (χ1n) is 22.4. The van der Waals surface area contributed by atoms with Gasteiger partial charge in [0.05, 0.1) is 16.5 Å². The summed E-state index contributed by atoms with van der Waals surface area (Å²) in [6.07, 6.45) is 0. The summed E-state index contributed by atoms with van der Waals surface area (Å²) in [4.78, 5) is 2.46. The highest BCUT2D eigenvalue weighted by atomic mass is 16.5. The van der Waals surface area contributed by atoms with Gasteiger partial charge in [-0.3, -0.25) is 0 Å². The molecule has 0 radical (unpaired) electrons. The van der Waals surface area contributed by atoms with Crippen LogP contribution in [0.1, 0.15) is 99.9 Å². The van der Waals surface area contributed by atoms with Crippen LogP contribution in [-0.2, 0) is 21.7 Å². The largest absolute Gasteiger partial charge is 0.457 e. The van der Waals surface area contributed by atoms with E-state index in [0.717, 1.165) is 56.1 Å². The van der Waals surface area contributed by atoms with E-state index in [4.69, 9.17) is 9.15 Å². The predicted molar refractivity (Wildman–Crippen MR) is 261 cm³/mol. The summed E-state index contributed by atoms with van der Waals surface area (Å²) in [6.45, 7) is 18.6. The number of para-hydroxylation sites is 2. The molecule has 12 rings (SSSR count). The molecule has 3 nitrogen and oxygen atoms in total. The van der Waals surface area contributed by atoms with E-state index in [9.17, 15) is 0 Å². The maximum absolute atomic E-state index is 7.04. The van der Waals surface area contributed by atoms with Crippen LogP contribution >= 0.6 is 0 Å². The Kier molecular flexibility index (Phi) is 7.73. The third-order valence-electron chi connectivity index (χ3n) is 14.5. The fraction of sp³-hybridized carbons (Fsp3) is 0.200. The quantitative estimate of drug-likeness (QED) is 0.178. The van der Waals surface area contributed by atoms with E-state index in [1.807, 2.05) is 0 Å². The van der Waals surface area contributed by atoms with E-state index >= 15 is 0 Å². The van der Waals surface area contributed by atoms with Gasteiger partial charge in [-0.1, -0.05) is 165 Å². The summed E-state index contributed by atoms with van der Waals surface area (Å²) in [6, 6.07) is 60.9. The van der Waals surface area contributed by atoms with Gasteiger partial charge in [0.25, 0.3) is 0 Å². The van der Waals surface area contributed by atoms with E-state index in [0.29, 0.717) is 0 Å². The molecular weight excluding hydrogens is 767 g/mol. The van der Waals surface area contributed by atoms with Gasteiger partial charge < -0.3 is 14.1 Å². The zero-order valence-electron chi connectivity index (χ0n) is 37.4. The van der Waals surface area contributed by atoms with Crippen LogP contribution in [0.4, 0.5) is 17.1 Å². The van der Waals surface area contributed by atoms with Gasteiger partial charge in [0.15, 0.2) is 0 Å². The molecule has 0 amide bonds. The Morgan fingerprint density at radius 1 is 0.429 bits per heavy atom. The maximum Gasteiger partial charge on any atom is 0.137 e. The van der Waals surface area contributed by atoms with Crippen molar-refractivity contribution >= 4 is 39.0 Å². The number of anilines is 3. The Labute approximate surface area is 370 Å². The summed E-state index contributed by atoms with van der Waals surface area (Å²) in [5.74, 6) is 1.77. The number of fused-ring (bicyclic) bond motifs is 15. The summed E-state index contributed by atoms with van der Waals surface area (Å²) >= 11 is 0. The van der Waals surface area contributed by atoms with Gasteiger partial charge in [0.1, 0.15) is 22.7 Å². The molecule has 1 spiro atoms. The number of hydrogen-bond acceptors (Lipinski definition) is 3. The van der Waals surface area contributed by atoms with Crippen LogP contribution in [-0.4, -0.2) is 0 Å². The minimum atomic E-state index is -0.658. The van der Waals surface area contributed by atoms with Crippen LogP contribution in [0.2, 0.25) is 0 Å². The average Bonchev–Trinajstić information content (AvgIpc) is 3.87. The van der Waals surface area contributed by atoms with Crippen LogP contribution in [0.25, 0.3) is 44.2 Å². The number of nitrogens with zero attached hydrogens (tertiary/aromatic N) is 1. The molecule has 0 N–H and O–H groups in total. The third kappa shape index (κ3) is 5.26. The molecule has 3 aliphatic rings. The van der Waals surface area contributed by atoms with Gasteiger partial charge in [-0.15, -0.1) is 0 Å². The minimum absolute atomic E-state index is 0.0548. The second kappa shape index (κ2) is 12.9. The molecule has 3 heteroatoms. The second-order valence-electron chi connectivity index (χ2n) is 20.5. The van der Waals surface area contributed by atoms with E-state index in [1.165, 1.54) is 61.2 Å². The average molecular weight is 818 g/mol. The molecule has 1 aliphatic heterocycles. The van der Waals surface area contributed by atoms with Crippen molar-refractivity contribution in [3.05, 3.63) is 208 Å². The van der Waals surface area contributed by atoms with Crippen molar-refractivity contribution in [2.75, 3.05) is 4.90 Å². The topological polar surface area (TPSA) is 25.6 Å². The predicted octanol–water partition coefficient (Wildman–Crippen LogP) is 16.4. The lowest BCUT2D eigenvalue weighted by Crippen LogP contribution is -2.33. The first kappa shape index (κ1) is 37.9. The standard InChI is InChI=1S/C60H51NO2/c1-57(2,3)36-24-28-42-43-29-25-37(58(4,5)6)33-49(43)60(48(42)32-36)46-19-12-14-22-53(46)63-54-31-27-39(35-50(54)60)61(51-20-15-23-55-56(51)44-17-10-13-21-52(44)62-55)38-26-30-41-40-16-9-11-18-45(40)59(7,8)47(41)34-38/h9-35H,1-8H3. The molecule has 2 heterocycles. The number of rotatable bonds is 3. The van der Waals surface area contributed by atoms with Crippen LogP contribution in [0.5, 0.6) is 11.5 Å². The Morgan fingerprint density at radius 2 is 0.968 bits per heavy atom. The van der Waals surface area contributed by atoms with Crippen molar-refractivity contribution in [3.8, 4) is 33.8 Å². The number of hydrogen-bond donors (Lipinski definition) is 0. The zero-order chi connectivity index (χ0) is 43.2. The van der Waals surface area contributed by atoms with Crippen molar-refractivity contribution in [1.29, 1.82) is 0 Å². The van der Waals surface area contributed by atoms with Crippen molar-refractivity contribution in [1.82, 2.24) is 0 Å². The molecule has 0 unspecified atom stereocenters. The number of benzene rings is 8. The molecule has 9 aromatic rings. The van der Waals surface area contributed by atoms with Crippen molar-refractivity contribution in [3.63, 3.8) is 0 Å². The van der Waals surface area contributed by atoms with Crippen LogP contribution in [0.15, 0.2) is 168 Å². The molecule has 2 aliphatic carbocycles. The molecule has 0 atom stereocenters. The highest BCUT2D eigenvalue weighted by Crippen LogP contribution is 2.64. The molecule has 0 saturated carbocycles. The van der Waals surface area contributed by atoms with Gasteiger partial charge in [-0.2, -0.15) is 0 Å². The smallest absolute Gasteiger partial charge is 0.137 e. The Bertz CT molecular complexity index is 3320.